The van der Waals surface area contributed by atoms with Crippen LogP contribution in [0.1, 0.15) is 6.92 Å². The van der Waals surface area contributed by atoms with Gasteiger partial charge in [0.1, 0.15) is 0 Å². The zero-order chi connectivity index (χ0) is 11.5. The van der Waals surface area contributed by atoms with Gasteiger partial charge in [0.25, 0.3) is 0 Å². The van der Waals surface area contributed by atoms with Crippen molar-refractivity contribution in [2.24, 2.45) is 0 Å². The van der Waals surface area contributed by atoms with Crippen LogP contribution in [0.25, 0.3) is 0 Å². The fourth-order valence-corrected chi connectivity index (χ4v) is 1.73. The monoisotopic (exact) mass is 281 g/mol. The molecule has 4 nitrogen and oxygen atoms in total. The predicted octanol–water partition coefficient (Wildman–Crippen LogP) is 3.04. The summed E-state index contributed by atoms with van der Waals surface area (Å²) < 4.78 is 8.46. The highest BCUT2D eigenvalue weighted by atomic mass is 79.9. The van der Waals surface area contributed by atoms with Gasteiger partial charge in [0.05, 0.1) is 5.69 Å². The number of ether oxygens (including phenoxy) is 1. The van der Waals surface area contributed by atoms with E-state index in [0.29, 0.717) is 17.4 Å². The quantitative estimate of drug-likeness (QED) is 0.880. The summed E-state index contributed by atoms with van der Waals surface area (Å²) in [4.78, 5) is 4.12. The molecule has 0 spiro atoms. The number of imidazole rings is 1. The van der Waals surface area contributed by atoms with Gasteiger partial charge in [-0.2, -0.15) is 0 Å². The molecule has 0 aliphatic rings. The first-order valence-electron chi connectivity index (χ1n) is 4.94. The Morgan fingerprint density at radius 2 is 2.31 bits per heavy atom. The van der Waals surface area contributed by atoms with E-state index in [1.54, 1.807) is 12.3 Å². The van der Waals surface area contributed by atoms with Gasteiger partial charge in [-0.15, -0.1) is 0 Å². The van der Waals surface area contributed by atoms with Crippen LogP contribution in [-0.4, -0.2) is 9.55 Å². The molecule has 0 bridgehead atoms. The van der Waals surface area contributed by atoms with Gasteiger partial charge in [-0.3, -0.25) is 0 Å². The normalized spacial score (nSPS) is 10.4. The van der Waals surface area contributed by atoms with Crippen LogP contribution in [0.15, 0.2) is 35.1 Å². The Labute approximate surface area is 102 Å². The van der Waals surface area contributed by atoms with Crippen LogP contribution in [0.5, 0.6) is 11.8 Å². The Bertz CT molecular complexity index is 496. The smallest absolute Gasteiger partial charge is 0.301 e. The van der Waals surface area contributed by atoms with Crippen molar-refractivity contribution >= 4 is 21.6 Å². The molecule has 84 valence electrons. The molecule has 0 unspecified atom stereocenters. The highest BCUT2D eigenvalue weighted by Gasteiger charge is 2.06. The minimum absolute atomic E-state index is 0.552. The van der Waals surface area contributed by atoms with Gasteiger partial charge in [-0.05, 0) is 25.1 Å². The van der Waals surface area contributed by atoms with Crippen LogP contribution in [0, 0.1) is 0 Å². The Balaban J connectivity index is 2.27. The van der Waals surface area contributed by atoms with E-state index in [0.717, 1.165) is 11.0 Å². The molecule has 0 aliphatic heterocycles. The zero-order valence-corrected chi connectivity index (χ0v) is 10.4. The van der Waals surface area contributed by atoms with Crippen molar-refractivity contribution in [3.8, 4) is 11.8 Å². The number of halogens is 1. The molecule has 0 atom stereocenters. The number of nitrogens with zero attached hydrogens (tertiary/aromatic N) is 2. The second-order valence-corrected chi connectivity index (χ2v) is 4.20. The maximum absolute atomic E-state index is 5.84. The second-order valence-electron chi connectivity index (χ2n) is 3.28. The van der Waals surface area contributed by atoms with Crippen molar-refractivity contribution < 1.29 is 4.74 Å². The van der Waals surface area contributed by atoms with E-state index in [4.69, 9.17) is 10.5 Å². The van der Waals surface area contributed by atoms with E-state index in [1.807, 2.05) is 29.8 Å². The first-order valence-corrected chi connectivity index (χ1v) is 5.74. The van der Waals surface area contributed by atoms with Gasteiger partial charge in [-0.25, -0.2) is 4.98 Å². The van der Waals surface area contributed by atoms with Crippen molar-refractivity contribution in [1.82, 2.24) is 9.55 Å². The first kappa shape index (κ1) is 11.0. The molecule has 0 saturated carbocycles. The summed E-state index contributed by atoms with van der Waals surface area (Å²) >= 11 is 3.35. The number of rotatable bonds is 3. The topological polar surface area (TPSA) is 53.1 Å². The number of anilines is 1. The van der Waals surface area contributed by atoms with Crippen LogP contribution >= 0.6 is 15.9 Å². The maximum Gasteiger partial charge on any atom is 0.301 e. The third-order valence-corrected chi connectivity index (χ3v) is 2.68. The summed E-state index contributed by atoms with van der Waals surface area (Å²) in [6.07, 6.45) is 3.57. The van der Waals surface area contributed by atoms with Crippen LogP contribution < -0.4 is 10.5 Å². The molecular formula is C11H12BrN3O. The molecule has 16 heavy (non-hydrogen) atoms. The SMILES string of the molecule is CCn1ccnc1Oc1ccc(Br)cc1N. The molecule has 2 N–H and O–H groups in total. The standard InChI is InChI=1S/C11H12BrN3O/c1-2-15-6-5-14-11(15)16-10-4-3-8(12)7-9(10)13/h3-7H,2,13H2,1H3. The lowest BCUT2D eigenvalue weighted by atomic mass is 10.3. The predicted molar refractivity (Wildman–Crippen MR) is 66.5 cm³/mol. The van der Waals surface area contributed by atoms with E-state index in [-0.39, 0.29) is 0 Å². The number of benzene rings is 1. The van der Waals surface area contributed by atoms with E-state index >= 15 is 0 Å². The maximum atomic E-state index is 5.84. The van der Waals surface area contributed by atoms with E-state index in [2.05, 4.69) is 20.9 Å². The van der Waals surface area contributed by atoms with Gasteiger partial charge in [-0.1, -0.05) is 15.9 Å². The summed E-state index contributed by atoms with van der Waals surface area (Å²) in [6.45, 7) is 2.84. The molecule has 0 fully saturated rings. The lowest BCUT2D eigenvalue weighted by Gasteiger charge is -2.08. The first-order chi connectivity index (χ1) is 7.70. The third kappa shape index (κ3) is 2.19. The lowest BCUT2D eigenvalue weighted by Crippen LogP contribution is -1.99. The molecule has 2 aromatic rings. The summed E-state index contributed by atoms with van der Waals surface area (Å²) in [7, 11) is 0. The number of aryl methyl sites for hydroxylation is 1. The lowest BCUT2D eigenvalue weighted by molar-refractivity contribution is 0.417. The van der Waals surface area contributed by atoms with Crippen molar-refractivity contribution in [3.63, 3.8) is 0 Å². The average Bonchev–Trinajstić information content (AvgIpc) is 2.69. The molecule has 0 aliphatic carbocycles. The third-order valence-electron chi connectivity index (χ3n) is 2.19. The van der Waals surface area contributed by atoms with Crippen molar-refractivity contribution in [2.45, 2.75) is 13.5 Å². The van der Waals surface area contributed by atoms with Crippen molar-refractivity contribution in [2.75, 3.05) is 5.73 Å². The van der Waals surface area contributed by atoms with E-state index in [9.17, 15) is 0 Å². The summed E-state index contributed by atoms with van der Waals surface area (Å²) in [5.41, 5.74) is 6.42. The number of hydrogen-bond donors (Lipinski definition) is 1. The molecule has 0 radical (unpaired) electrons. The number of hydrogen-bond acceptors (Lipinski definition) is 3. The van der Waals surface area contributed by atoms with Crippen molar-refractivity contribution in [3.05, 3.63) is 35.1 Å². The van der Waals surface area contributed by atoms with Crippen LogP contribution in [0.2, 0.25) is 0 Å². The molecular weight excluding hydrogens is 270 g/mol. The zero-order valence-electron chi connectivity index (χ0n) is 8.85. The minimum Gasteiger partial charge on any atom is -0.423 e. The second kappa shape index (κ2) is 4.57. The van der Waals surface area contributed by atoms with Crippen molar-refractivity contribution in [1.29, 1.82) is 0 Å². The number of nitrogens with two attached hydrogens (primary N) is 1. The Kier molecular flexibility index (Phi) is 3.14. The Morgan fingerprint density at radius 3 is 3.00 bits per heavy atom. The van der Waals surface area contributed by atoms with Gasteiger partial charge in [0.2, 0.25) is 0 Å². The minimum atomic E-state index is 0.552. The van der Waals surface area contributed by atoms with Crippen LogP contribution in [0.4, 0.5) is 5.69 Å². The molecule has 1 heterocycles. The summed E-state index contributed by atoms with van der Waals surface area (Å²) in [5, 5.41) is 0. The van der Waals surface area contributed by atoms with Gasteiger partial charge < -0.3 is 15.0 Å². The highest BCUT2D eigenvalue weighted by molar-refractivity contribution is 9.10. The fraction of sp³-hybridized carbons (Fsp3) is 0.182. The number of nitrogen functional groups attached to an aromatic ring is 1. The molecule has 1 aromatic heterocycles. The molecule has 0 saturated heterocycles. The van der Waals surface area contributed by atoms with Crippen LogP contribution in [0.3, 0.4) is 0 Å². The van der Waals surface area contributed by atoms with Gasteiger partial charge in [0, 0.05) is 23.4 Å². The molecule has 5 heteroatoms. The Morgan fingerprint density at radius 1 is 1.50 bits per heavy atom. The van der Waals surface area contributed by atoms with Gasteiger partial charge in [0.15, 0.2) is 5.75 Å². The van der Waals surface area contributed by atoms with Crippen LogP contribution in [-0.2, 0) is 6.54 Å². The average molecular weight is 282 g/mol. The molecule has 1 aromatic carbocycles. The Hall–Kier alpha value is -1.49. The summed E-state index contributed by atoms with van der Waals surface area (Å²) in [5.74, 6) is 0.615. The molecule has 0 amide bonds. The highest BCUT2D eigenvalue weighted by Crippen LogP contribution is 2.28. The molecule has 2 rings (SSSR count). The summed E-state index contributed by atoms with van der Waals surface area (Å²) in [6, 6.07) is 6.05. The fourth-order valence-electron chi connectivity index (χ4n) is 1.35. The van der Waals surface area contributed by atoms with E-state index < -0.39 is 0 Å². The largest absolute Gasteiger partial charge is 0.423 e. The van der Waals surface area contributed by atoms with E-state index in [1.165, 1.54) is 0 Å². The number of aromatic nitrogens is 2. The van der Waals surface area contributed by atoms with Gasteiger partial charge >= 0.3 is 6.01 Å².